The molecule has 3 rings (SSSR count). The molecule has 0 saturated carbocycles. The van der Waals surface area contributed by atoms with Crippen molar-refractivity contribution < 1.29 is 18.7 Å². The van der Waals surface area contributed by atoms with E-state index in [1.54, 1.807) is 42.0 Å². The number of carbonyl (C=O) groups excluding carboxylic acids is 2. The van der Waals surface area contributed by atoms with E-state index in [1.807, 2.05) is 19.1 Å². The van der Waals surface area contributed by atoms with Crippen LogP contribution in [-0.2, 0) is 22.6 Å². The van der Waals surface area contributed by atoms with Crippen LogP contribution in [-0.4, -0.2) is 39.4 Å². The van der Waals surface area contributed by atoms with Crippen molar-refractivity contribution in [3.63, 3.8) is 0 Å². The molecule has 34 heavy (non-hydrogen) atoms. The summed E-state index contributed by atoms with van der Waals surface area (Å²) in [5, 5.41) is 14.4. The Kier molecular flexibility index (Phi) is 8.80. The third-order valence-corrected chi connectivity index (χ3v) is 5.79. The number of hydrogen-bond acceptors (Lipinski definition) is 6. The van der Waals surface area contributed by atoms with Crippen LogP contribution in [0.3, 0.4) is 0 Å². The number of carbonyl (C=O) groups is 2. The third kappa shape index (κ3) is 6.67. The Balaban J connectivity index is 1.61. The number of benzene rings is 2. The van der Waals surface area contributed by atoms with Crippen molar-refractivity contribution in [1.29, 1.82) is 0 Å². The molecule has 2 amide bonds. The first-order valence-corrected chi connectivity index (χ1v) is 11.5. The first-order valence-electron chi connectivity index (χ1n) is 10.5. The van der Waals surface area contributed by atoms with Gasteiger partial charge in [0.1, 0.15) is 11.6 Å². The van der Waals surface area contributed by atoms with Gasteiger partial charge in [-0.05, 0) is 36.8 Å². The lowest BCUT2D eigenvalue weighted by molar-refractivity contribution is -0.121. The fourth-order valence-electron chi connectivity index (χ4n) is 3.19. The van der Waals surface area contributed by atoms with E-state index >= 15 is 0 Å². The Morgan fingerprint density at radius 3 is 2.59 bits per heavy atom. The highest BCUT2D eigenvalue weighted by Gasteiger charge is 2.20. The summed E-state index contributed by atoms with van der Waals surface area (Å²) in [4.78, 5) is 24.8. The summed E-state index contributed by atoms with van der Waals surface area (Å²) in [6.07, 6.45) is 1.89. The molecule has 0 radical (unpaired) electrons. The highest BCUT2D eigenvalue weighted by molar-refractivity contribution is 7.99. The van der Waals surface area contributed by atoms with Crippen LogP contribution in [0, 0.1) is 5.82 Å². The number of halogens is 1. The van der Waals surface area contributed by atoms with Crippen molar-refractivity contribution in [2.24, 2.45) is 0 Å². The number of nitrogens with zero attached hydrogens (tertiary/aromatic N) is 3. The summed E-state index contributed by atoms with van der Waals surface area (Å²) >= 11 is 1.17. The Labute approximate surface area is 201 Å². The average molecular weight is 484 g/mol. The topological polar surface area (TPSA) is 98.1 Å². The maximum Gasteiger partial charge on any atom is 0.234 e. The summed E-state index contributed by atoms with van der Waals surface area (Å²) in [5.74, 6) is 0.247. The van der Waals surface area contributed by atoms with Gasteiger partial charge in [0.2, 0.25) is 11.8 Å². The van der Waals surface area contributed by atoms with Crippen LogP contribution in [0.25, 0.3) is 0 Å². The number of ether oxygens (including phenoxy) is 1. The zero-order valence-corrected chi connectivity index (χ0v) is 19.8. The lowest BCUT2D eigenvalue weighted by atomic mass is 10.1. The number of nitrogens with one attached hydrogen (secondary N) is 2. The minimum atomic E-state index is -0.503. The monoisotopic (exact) mass is 483 g/mol. The van der Waals surface area contributed by atoms with Gasteiger partial charge in [0.15, 0.2) is 11.0 Å². The normalized spacial score (nSPS) is 11.5. The van der Waals surface area contributed by atoms with Crippen LogP contribution in [0.4, 0.5) is 10.1 Å². The zero-order chi connectivity index (χ0) is 24.5. The van der Waals surface area contributed by atoms with Gasteiger partial charge in [0.05, 0.1) is 31.0 Å². The summed E-state index contributed by atoms with van der Waals surface area (Å²) < 4.78 is 20.7. The molecule has 0 fully saturated rings. The Hall–Kier alpha value is -3.66. The minimum absolute atomic E-state index is 0.0157. The highest BCUT2D eigenvalue weighted by Crippen LogP contribution is 2.22. The van der Waals surface area contributed by atoms with Crippen molar-refractivity contribution in [2.75, 3.05) is 18.2 Å². The smallest absolute Gasteiger partial charge is 0.234 e. The van der Waals surface area contributed by atoms with Crippen LogP contribution in [0.15, 0.2) is 66.3 Å². The van der Waals surface area contributed by atoms with Crippen molar-refractivity contribution >= 4 is 29.3 Å². The molecule has 0 bridgehead atoms. The molecule has 0 spiro atoms. The number of methoxy groups -OCH3 is 1. The second-order valence-corrected chi connectivity index (χ2v) is 8.31. The van der Waals surface area contributed by atoms with Crippen LogP contribution >= 0.6 is 11.8 Å². The molecule has 1 aromatic heterocycles. The van der Waals surface area contributed by atoms with E-state index in [4.69, 9.17) is 4.74 Å². The largest absolute Gasteiger partial charge is 0.497 e. The predicted octanol–water partition coefficient (Wildman–Crippen LogP) is 3.76. The summed E-state index contributed by atoms with van der Waals surface area (Å²) in [5.41, 5.74) is 0.977. The first kappa shape index (κ1) is 25.0. The number of aromatic nitrogens is 3. The first-order chi connectivity index (χ1) is 16.4. The van der Waals surface area contributed by atoms with Gasteiger partial charge in [-0.1, -0.05) is 42.1 Å². The van der Waals surface area contributed by atoms with E-state index in [9.17, 15) is 14.0 Å². The summed E-state index contributed by atoms with van der Waals surface area (Å²) in [6.45, 7) is 5.98. The second-order valence-electron chi connectivity index (χ2n) is 7.37. The molecule has 1 atom stereocenters. The number of rotatable bonds is 11. The highest BCUT2D eigenvalue weighted by atomic mass is 32.2. The molecule has 10 heteroatoms. The molecule has 2 aromatic carbocycles. The van der Waals surface area contributed by atoms with Gasteiger partial charge in [-0.25, -0.2) is 4.39 Å². The van der Waals surface area contributed by atoms with E-state index < -0.39 is 11.9 Å². The number of hydrogen-bond donors (Lipinski definition) is 2. The Bertz CT molecular complexity index is 1150. The standard InChI is InChI=1S/C24H26FN5O3S/c1-4-13-30-23(16(2)26-21(31)14-17-9-11-18(33-3)12-10-17)28-29-24(30)34-15-22(32)27-20-8-6-5-7-19(20)25/h4-12,16H,1,13-15H2,2-3H3,(H,26,31)(H,27,32)/t16-/m0/s1. The second kappa shape index (κ2) is 12.0. The molecule has 0 unspecified atom stereocenters. The quantitative estimate of drug-likeness (QED) is 0.318. The van der Waals surface area contributed by atoms with Gasteiger partial charge in [-0.3, -0.25) is 9.59 Å². The van der Waals surface area contributed by atoms with E-state index in [1.165, 1.54) is 23.9 Å². The molecule has 1 heterocycles. The van der Waals surface area contributed by atoms with Gasteiger partial charge < -0.3 is 19.9 Å². The Morgan fingerprint density at radius 1 is 1.18 bits per heavy atom. The molecular formula is C24H26FN5O3S. The van der Waals surface area contributed by atoms with Crippen LogP contribution < -0.4 is 15.4 Å². The van der Waals surface area contributed by atoms with Crippen molar-refractivity contribution in [3.05, 3.63) is 78.4 Å². The lowest BCUT2D eigenvalue weighted by Gasteiger charge is -2.15. The van der Waals surface area contributed by atoms with Crippen molar-refractivity contribution in [1.82, 2.24) is 20.1 Å². The average Bonchev–Trinajstić information content (AvgIpc) is 3.22. The predicted molar refractivity (Wildman–Crippen MR) is 129 cm³/mol. The van der Waals surface area contributed by atoms with Gasteiger partial charge in [-0.15, -0.1) is 16.8 Å². The third-order valence-electron chi connectivity index (χ3n) is 4.83. The molecule has 8 nitrogen and oxygen atoms in total. The van der Waals surface area contributed by atoms with Crippen LogP contribution in [0.1, 0.15) is 24.4 Å². The summed E-state index contributed by atoms with van der Waals surface area (Å²) in [7, 11) is 1.59. The maximum atomic E-state index is 13.7. The summed E-state index contributed by atoms with van der Waals surface area (Å²) in [6, 6.07) is 12.8. The number of thioether (sulfide) groups is 1. The van der Waals surface area contributed by atoms with E-state index in [-0.39, 0.29) is 29.7 Å². The number of amides is 2. The molecular weight excluding hydrogens is 457 g/mol. The number of anilines is 1. The van der Waals surface area contributed by atoms with E-state index in [2.05, 4.69) is 27.4 Å². The van der Waals surface area contributed by atoms with E-state index in [0.29, 0.717) is 17.5 Å². The fourth-order valence-corrected chi connectivity index (χ4v) is 3.95. The van der Waals surface area contributed by atoms with Crippen LogP contribution in [0.2, 0.25) is 0 Å². The number of allylic oxidation sites excluding steroid dienone is 1. The fraction of sp³-hybridized carbons (Fsp3) is 0.250. The van der Waals surface area contributed by atoms with Crippen molar-refractivity contribution in [2.45, 2.75) is 31.1 Å². The van der Waals surface area contributed by atoms with Gasteiger partial charge in [0, 0.05) is 6.54 Å². The van der Waals surface area contributed by atoms with Crippen molar-refractivity contribution in [3.8, 4) is 5.75 Å². The SMILES string of the molecule is C=CCn1c(SCC(=O)Nc2ccccc2F)nnc1[C@H](C)NC(=O)Cc1ccc(OC)cc1. The maximum absolute atomic E-state index is 13.7. The minimum Gasteiger partial charge on any atom is -0.497 e. The molecule has 3 aromatic rings. The molecule has 178 valence electrons. The molecule has 0 aliphatic rings. The van der Waals surface area contributed by atoms with E-state index in [0.717, 1.165) is 11.3 Å². The van der Waals surface area contributed by atoms with Gasteiger partial charge in [-0.2, -0.15) is 0 Å². The molecule has 0 saturated heterocycles. The molecule has 0 aliphatic carbocycles. The van der Waals surface area contributed by atoms with Gasteiger partial charge >= 0.3 is 0 Å². The zero-order valence-electron chi connectivity index (χ0n) is 19.0. The number of para-hydroxylation sites is 1. The molecule has 0 aliphatic heterocycles. The molecule has 2 N–H and O–H groups in total. The van der Waals surface area contributed by atoms with Gasteiger partial charge in [0.25, 0.3) is 0 Å². The Morgan fingerprint density at radius 2 is 1.91 bits per heavy atom. The lowest BCUT2D eigenvalue weighted by Crippen LogP contribution is -2.30. The van der Waals surface area contributed by atoms with Crippen LogP contribution in [0.5, 0.6) is 5.75 Å².